The number of nitrogens with two attached hydrogens (primary N) is 1. The van der Waals surface area contributed by atoms with Gasteiger partial charge in [0.05, 0.1) is 4.92 Å². The fraction of sp³-hybridized carbons (Fsp3) is 0.200. The number of hydrogen-bond donors (Lipinski definition) is 2. The van der Waals surface area contributed by atoms with Crippen LogP contribution in [0.3, 0.4) is 0 Å². The quantitative estimate of drug-likeness (QED) is 0.437. The van der Waals surface area contributed by atoms with Crippen LogP contribution in [0.1, 0.15) is 5.69 Å². The Hall–Kier alpha value is -1.28. The topological polar surface area (TPSA) is 94.1 Å². The van der Waals surface area contributed by atoms with Gasteiger partial charge in [0, 0.05) is 0 Å². The molecule has 8 heteroatoms. The average molecular weight is 218 g/mol. The Balaban J connectivity index is 2.95. The number of nitrogens with one attached hydrogen (secondary N) is 1. The van der Waals surface area contributed by atoms with E-state index >= 15 is 0 Å². The van der Waals surface area contributed by atoms with Crippen molar-refractivity contribution in [2.75, 3.05) is 5.32 Å². The molecule has 13 heavy (non-hydrogen) atoms. The molecular weight excluding hydrogens is 212 g/mol. The van der Waals surface area contributed by atoms with E-state index in [4.69, 9.17) is 5.73 Å². The molecule has 3 N–H and O–H groups in total. The van der Waals surface area contributed by atoms with Gasteiger partial charge in [0.25, 0.3) is 0 Å². The van der Waals surface area contributed by atoms with E-state index in [1.54, 1.807) is 6.92 Å². The van der Waals surface area contributed by atoms with E-state index in [1.807, 2.05) is 0 Å². The summed E-state index contributed by atoms with van der Waals surface area (Å²) in [6.45, 7) is 1.55. The standard InChI is InChI=1S/C5H6N4O2S2/c1-2-3(9(10)11)13-5(7-2)8-4(6)12/h1H3,(H3,6,7,8,12). The molecule has 0 saturated carbocycles. The number of hydrogen-bond acceptors (Lipinski definition) is 5. The zero-order valence-electron chi connectivity index (χ0n) is 6.60. The van der Waals surface area contributed by atoms with E-state index in [0.29, 0.717) is 10.8 Å². The Bertz CT molecular complexity index is 361. The molecular formula is C5H6N4O2S2. The zero-order chi connectivity index (χ0) is 10.0. The van der Waals surface area contributed by atoms with Gasteiger partial charge in [-0.3, -0.25) is 10.1 Å². The lowest BCUT2D eigenvalue weighted by Crippen LogP contribution is -2.18. The lowest BCUT2D eigenvalue weighted by molar-refractivity contribution is -0.380. The molecule has 6 nitrogen and oxygen atoms in total. The van der Waals surface area contributed by atoms with E-state index in [9.17, 15) is 10.1 Å². The molecule has 0 unspecified atom stereocenters. The first-order valence-electron chi connectivity index (χ1n) is 3.19. The normalized spacial score (nSPS) is 9.62. The van der Waals surface area contributed by atoms with Crippen LogP contribution < -0.4 is 11.1 Å². The summed E-state index contributed by atoms with van der Waals surface area (Å²) in [7, 11) is 0. The number of nitro groups is 1. The largest absolute Gasteiger partial charge is 0.376 e. The second kappa shape index (κ2) is 3.62. The van der Waals surface area contributed by atoms with Gasteiger partial charge in [-0.05, 0) is 30.5 Å². The van der Waals surface area contributed by atoms with Gasteiger partial charge in [0.2, 0.25) is 0 Å². The first-order chi connectivity index (χ1) is 6.00. The number of aryl methyl sites for hydroxylation is 1. The van der Waals surface area contributed by atoms with E-state index in [2.05, 4.69) is 22.5 Å². The first kappa shape index (κ1) is 9.81. The van der Waals surface area contributed by atoms with Gasteiger partial charge in [0.15, 0.2) is 10.2 Å². The van der Waals surface area contributed by atoms with Crippen molar-refractivity contribution in [2.45, 2.75) is 6.92 Å². The Labute approximate surface area is 82.9 Å². The lowest BCUT2D eigenvalue weighted by Gasteiger charge is -1.94. The fourth-order valence-corrected chi connectivity index (χ4v) is 1.67. The summed E-state index contributed by atoms with van der Waals surface area (Å²) in [4.78, 5) is 13.8. The highest BCUT2D eigenvalue weighted by molar-refractivity contribution is 7.80. The summed E-state index contributed by atoms with van der Waals surface area (Å²) in [5, 5.41) is 13.3. The van der Waals surface area contributed by atoms with Crippen LogP contribution in [0.5, 0.6) is 0 Å². The van der Waals surface area contributed by atoms with Gasteiger partial charge < -0.3 is 11.1 Å². The van der Waals surface area contributed by atoms with Crippen LogP contribution in [0, 0.1) is 17.0 Å². The van der Waals surface area contributed by atoms with Crippen LogP contribution in [0.4, 0.5) is 10.1 Å². The third-order valence-corrected chi connectivity index (χ3v) is 2.29. The van der Waals surface area contributed by atoms with E-state index < -0.39 is 4.92 Å². The molecule has 0 aliphatic rings. The predicted molar refractivity (Wildman–Crippen MR) is 53.9 cm³/mol. The number of anilines is 1. The van der Waals surface area contributed by atoms with Gasteiger partial charge in [-0.1, -0.05) is 0 Å². The van der Waals surface area contributed by atoms with Crippen molar-refractivity contribution in [1.29, 1.82) is 0 Å². The molecule has 0 aliphatic carbocycles. The number of rotatable bonds is 2. The summed E-state index contributed by atoms with van der Waals surface area (Å²) < 4.78 is 0. The molecule has 0 aliphatic heterocycles. The number of aromatic nitrogens is 1. The summed E-state index contributed by atoms with van der Waals surface area (Å²) >= 11 is 5.47. The summed E-state index contributed by atoms with van der Waals surface area (Å²) in [5.74, 6) is 0. The molecule has 1 heterocycles. The van der Waals surface area contributed by atoms with Crippen LogP contribution in [0.2, 0.25) is 0 Å². The minimum absolute atomic E-state index is 0.00116. The number of thiazole rings is 1. The lowest BCUT2D eigenvalue weighted by atomic mass is 10.5. The molecule has 0 aromatic carbocycles. The van der Waals surface area contributed by atoms with Gasteiger partial charge in [0.1, 0.15) is 5.69 Å². The summed E-state index contributed by atoms with van der Waals surface area (Å²) in [5.41, 5.74) is 5.53. The Morgan fingerprint density at radius 3 is 2.85 bits per heavy atom. The third-order valence-electron chi connectivity index (χ3n) is 1.17. The van der Waals surface area contributed by atoms with E-state index in [-0.39, 0.29) is 10.1 Å². The monoisotopic (exact) mass is 218 g/mol. The van der Waals surface area contributed by atoms with E-state index in [1.165, 1.54) is 0 Å². The van der Waals surface area contributed by atoms with Crippen LogP contribution in [-0.4, -0.2) is 15.0 Å². The van der Waals surface area contributed by atoms with Crippen molar-refractivity contribution in [1.82, 2.24) is 4.98 Å². The molecule has 1 aromatic rings. The molecule has 0 amide bonds. The van der Waals surface area contributed by atoms with Crippen molar-refractivity contribution in [3.63, 3.8) is 0 Å². The van der Waals surface area contributed by atoms with Gasteiger partial charge in [-0.25, -0.2) is 4.98 Å². The second-order valence-electron chi connectivity index (χ2n) is 2.16. The molecule has 70 valence electrons. The molecule has 0 atom stereocenters. The molecule has 0 spiro atoms. The molecule has 0 radical (unpaired) electrons. The second-order valence-corrected chi connectivity index (χ2v) is 3.57. The minimum Gasteiger partial charge on any atom is -0.376 e. The highest BCUT2D eigenvalue weighted by atomic mass is 32.1. The summed E-state index contributed by atoms with van der Waals surface area (Å²) in [6, 6.07) is 0. The third kappa shape index (κ3) is 2.33. The maximum Gasteiger partial charge on any atom is 0.348 e. The predicted octanol–water partition coefficient (Wildman–Crippen LogP) is 1.02. The molecule has 1 rings (SSSR count). The van der Waals surface area contributed by atoms with Crippen molar-refractivity contribution in [3.8, 4) is 0 Å². The highest BCUT2D eigenvalue weighted by Crippen LogP contribution is 2.29. The van der Waals surface area contributed by atoms with E-state index in [0.717, 1.165) is 11.3 Å². The molecule has 0 fully saturated rings. The number of thiocarbonyl (C=S) groups is 1. The van der Waals surface area contributed by atoms with Gasteiger partial charge >= 0.3 is 5.00 Å². The first-order valence-corrected chi connectivity index (χ1v) is 4.41. The average Bonchev–Trinajstić information content (AvgIpc) is 2.29. The Morgan fingerprint density at radius 1 is 1.85 bits per heavy atom. The van der Waals surface area contributed by atoms with Crippen LogP contribution in [0.15, 0.2) is 0 Å². The van der Waals surface area contributed by atoms with Crippen LogP contribution >= 0.6 is 23.6 Å². The van der Waals surface area contributed by atoms with Crippen molar-refractivity contribution in [3.05, 3.63) is 15.8 Å². The highest BCUT2D eigenvalue weighted by Gasteiger charge is 2.17. The molecule has 0 bridgehead atoms. The van der Waals surface area contributed by atoms with Crippen molar-refractivity contribution >= 4 is 38.8 Å². The zero-order valence-corrected chi connectivity index (χ0v) is 8.24. The van der Waals surface area contributed by atoms with Crippen LogP contribution in [-0.2, 0) is 0 Å². The van der Waals surface area contributed by atoms with Crippen molar-refractivity contribution in [2.24, 2.45) is 5.73 Å². The van der Waals surface area contributed by atoms with Gasteiger partial charge in [-0.2, -0.15) is 0 Å². The Kier molecular flexibility index (Phi) is 2.73. The minimum atomic E-state index is -0.488. The summed E-state index contributed by atoms with van der Waals surface area (Å²) in [6.07, 6.45) is 0. The molecule has 1 aromatic heterocycles. The fourth-order valence-electron chi connectivity index (χ4n) is 0.717. The van der Waals surface area contributed by atoms with Gasteiger partial charge in [-0.15, -0.1) is 0 Å². The SMILES string of the molecule is Cc1nc(NC(N)=S)sc1[N+](=O)[O-]. The maximum atomic E-state index is 10.4. The molecule has 0 saturated heterocycles. The smallest absolute Gasteiger partial charge is 0.348 e. The number of nitrogens with zero attached hydrogens (tertiary/aromatic N) is 2. The Morgan fingerprint density at radius 2 is 2.46 bits per heavy atom. The van der Waals surface area contributed by atoms with Crippen LogP contribution in [0.25, 0.3) is 0 Å². The van der Waals surface area contributed by atoms with Crippen molar-refractivity contribution < 1.29 is 4.92 Å². The maximum absolute atomic E-state index is 10.4.